The lowest BCUT2D eigenvalue weighted by Gasteiger charge is -2.25. The van der Waals surface area contributed by atoms with Crippen LogP contribution in [0.5, 0.6) is 5.75 Å². The molecular weight excluding hydrogens is 375 g/mol. The zero-order chi connectivity index (χ0) is 20.6. The van der Waals surface area contributed by atoms with E-state index in [1.54, 1.807) is 6.08 Å². The summed E-state index contributed by atoms with van der Waals surface area (Å²) in [4.78, 5) is 10.7. The van der Waals surface area contributed by atoms with Gasteiger partial charge in [0.05, 0.1) is 12.2 Å². The Kier molecular flexibility index (Phi) is 8.07. The Balaban J connectivity index is 1.49. The van der Waals surface area contributed by atoms with Crippen molar-refractivity contribution in [1.29, 1.82) is 0 Å². The molecule has 1 aromatic rings. The van der Waals surface area contributed by atoms with E-state index in [4.69, 9.17) is 14.6 Å². The molecule has 1 aliphatic heterocycles. The number of halogens is 1. The Morgan fingerprint density at radius 3 is 2.86 bits per heavy atom. The van der Waals surface area contributed by atoms with Gasteiger partial charge in [-0.3, -0.25) is 4.79 Å². The number of aliphatic hydroxyl groups is 1. The molecule has 160 valence electrons. The maximum absolute atomic E-state index is 15.0. The summed E-state index contributed by atoms with van der Waals surface area (Å²) in [5.74, 6) is -0.206. The lowest BCUT2D eigenvalue weighted by Crippen LogP contribution is -2.30. The highest BCUT2D eigenvalue weighted by atomic mass is 19.1. The number of ether oxygens (including phenoxy) is 2. The molecule has 2 aliphatic rings. The van der Waals surface area contributed by atoms with Crippen molar-refractivity contribution in [2.45, 2.75) is 56.9 Å². The van der Waals surface area contributed by atoms with Crippen LogP contribution in [0, 0.1) is 17.8 Å². The second-order valence-corrected chi connectivity index (χ2v) is 8.14. The summed E-state index contributed by atoms with van der Waals surface area (Å²) in [6, 6.07) is 9.37. The topological polar surface area (TPSA) is 76.0 Å². The van der Waals surface area contributed by atoms with Gasteiger partial charge in [-0.1, -0.05) is 24.3 Å². The number of carboxylic acid groups (broad SMARTS) is 1. The summed E-state index contributed by atoms with van der Waals surface area (Å²) >= 11 is 0. The molecule has 0 aromatic heterocycles. The fourth-order valence-electron chi connectivity index (χ4n) is 4.64. The first kappa shape index (κ1) is 21.8. The number of allylic oxidation sites excluding steroid dienone is 1. The number of aliphatic hydroxyl groups excluding tert-OH is 1. The Morgan fingerprint density at radius 1 is 1.31 bits per heavy atom. The van der Waals surface area contributed by atoms with Crippen molar-refractivity contribution in [3.8, 4) is 5.75 Å². The zero-order valence-electron chi connectivity index (χ0n) is 16.7. The largest absolute Gasteiger partial charge is 0.490 e. The van der Waals surface area contributed by atoms with Gasteiger partial charge >= 0.3 is 5.97 Å². The standard InChI is InChI=1S/C23H31FO5/c24-19(9-5-13-28-17-7-2-1-3-8-17)23-18-12-11-16(6-4-10-22(26)27)15-29-21(18)14-20(23)25/h1-3,5,7-9,16,18-21,23,25H,4,6,10-15H2,(H,26,27)/b9-5+/t16-,18-,19?,20+,21-,23-/m0/s1. The van der Waals surface area contributed by atoms with E-state index in [1.807, 2.05) is 30.3 Å². The minimum Gasteiger partial charge on any atom is -0.490 e. The predicted octanol–water partition coefficient (Wildman–Crippen LogP) is 4.01. The molecule has 0 spiro atoms. The average Bonchev–Trinajstić information content (AvgIpc) is 2.90. The third-order valence-electron chi connectivity index (χ3n) is 6.12. The highest BCUT2D eigenvalue weighted by Gasteiger charge is 2.47. The summed E-state index contributed by atoms with van der Waals surface area (Å²) in [5.41, 5.74) is 0. The fraction of sp³-hybridized carbons (Fsp3) is 0.609. The van der Waals surface area contributed by atoms with Crippen molar-refractivity contribution in [2.24, 2.45) is 17.8 Å². The maximum atomic E-state index is 15.0. The van der Waals surface area contributed by atoms with Crippen molar-refractivity contribution in [2.75, 3.05) is 13.2 Å². The van der Waals surface area contributed by atoms with Crippen molar-refractivity contribution < 1.29 is 28.9 Å². The molecule has 1 saturated heterocycles. The van der Waals surface area contributed by atoms with Crippen molar-refractivity contribution >= 4 is 5.97 Å². The number of hydrogen-bond donors (Lipinski definition) is 2. The Hall–Kier alpha value is -1.92. The van der Waals surface area contributed by atoms with Crippen LogP contribution in [0.1, 0.15) is 38.5 Å². The van der Waals surface area contributed by atoms with E-state index in [9.17, 15) is 14.3 Å². The summed E-state index contributed by atoms with van der Waals surface area (Å²) in [6.45, 7) is 0.849. The SMILES string of the molecule is O=C(O)CCC[C@H]1CC[C@@H]2[C@@H](C(F)/C=C/COc3ccccc3)[C@H](O)C[C@@H]2OC1. The molecule has 2 fully saturated rings. The van der Waals surface area contributed by atoms with Gasteiger partial charge in [0.15, 0.2) is 0 Å². The Labute approximate surface area is 171 Å². The van der Waals surface area contributed by atoms with Gasteiger partial charge in [-0.25, -0.2) is 4.39 Å². The normalized spacial score (nSPS) is 30.6. The molecule has 3 rings (SSSR count). The molecule has 5 nitrogen and oxygen atoms in total. The second-order valence-electron chi connectivity index (χ2n) is 8.14. The summed E-state index contributed by atoms with van der Waals surface area (Å²) < 4.78 is 26.5. The monoisotopic (exact) mass is 406 g/mol. The summed E-state index contributed by atoms with van der Waals surface area (Å²) in [5, 5.41) is 19.2. The molecule has 6 heteroatoms. The van der Waals surface area contributed by atoms with E-state index < -0.39 is 24.2 Å². The quantitative estimate of drug-likeness (QED) is 0.606. The molecule has 1 aliphatic carbocycles. The van der Waals surface area contributed by atoms with Crippen LogP contribution in [-0.4, -0.2) is 47.8 Å². The first-order chi connectivity index (χ1) is 14.0. The van der Waals surface area contributed by atoms with Gasteiger partial charge in [-0.2, -0.15) is 0 Å². The number of fused-ring (bicyclic) bond motifs is 1. The van der Waals surface area contributed by atoms with Crippen LogP contribution in [-0.2, 0) is 9.53 Å². The van der Waals surface area contributed by atoms with Gasteiger partial charge in [0.2, 0.25) is 0 Å². The highest BCUT2D eigenvalue weighted by Crippen LogP contribution is 2.43. The number of rotatable bonds is 9. The van der Waals surface area contributed by atoms with Gasteiger partial charge in [-0.05, 0) is 55.7 Å². The highest BCUT2D eigenvalue weighted by molar-refractivity contribution is 5.66. The Morgan fingerprint density at radius 2 is 2.10 bits per heavy atom. The number of alkyl halides is 1. The smallest absolute Gasteiger partial charge is 0.303 e. The molecule has 6 atom stereocenters. The van der Waals surface area contributed by atoms with Crippen LogP contribution < -0.4 is 4.74 Å². The first-order valence-corrected chi connectivity index (χ1v) is 10.5. The van der Waals surface area contributed by atoms with Crippen LogP contribution in [0.3, 0.4) is 0 Å². The van der Waals surface area contributed by atoms with Gasteiger partial charge < -0.3 is 19.7 Å². The third kappa shape index (κ3) is 6.28. The first-order valence-electron chi connectivity index (χ1n) is 10.5. The molecular formula is C23H31FO5. The Bertz CT molecular complexity index is 664. The van der Waals surface area contributed by atoms with Gasteiger partial charge in [0.25, 0.3) is 0 Å². The van der Waals surface area contributed by atoms with E-state index >= 15 is 0 Å². The predicted molar refractivity (Wildman–Crippen MR) is 108 cm³/mol. The lowest BCUT2D eigenvalue weighted by molar-refractivity contribution is -0.137. The van der Waals surface area contributed by atoms with E-state index in [0.29, 0.717) is 25.4 Å². The third-order valence-corrected chi connectivity index (χ3v) is 6.12. The minimum absolute atomic E-state index is 0.0100. The maximum Gasteiger partial charge on any atom is 0.303 e. The molecule has 0 amide bonds. The van der Waals surface area contributed by atoms with Gasteiger partial charge in [-0.15, -0.1) is 0 Å². The summed E-state index contributed by atoms with van der Waals surface area (Å²) in [6.07, 6.45) is 4.88. The van der Waals surface area contributed by atoms with Crippen LogP contribution in [0.4, 0.5) is 4.39 Å². The number of carbonyl (C=O) groups is 1. The van der Waals surface area contributed by atoms with Gasteiger partial charge in [0, 0.05) is 25.4 Å². The number of aliphatic carboxylic acids is 1. The number of carboxylic acids is 1. The van der Waals surface area contributed by atoms with Crippen molar-refractivity contribution in [3.05, 3.63) is 42.5 Å². The molecule has 1 saturated carbocycles. The number of para-hydroxylation sites is 1. The average molecular weight is 406 g/mol. The van der Waals surface area contributed by atoms with Crippen LogP contribution in [0.2, 0.25) is 0 Å². The zero-order valence-corrected chi connectivity index (χ0v) is 16.7. The fourth-order valence-corrected chi connectivity index (χ4v) is 4.64. The van der Waals surface area contributed by atoms with E-state index in [1.165, 1.54) is 6.08 Å². The van der Waals surface area contributed by atoms with Crippen LogP contribution in [0.25, 0.3) is 0 Å². The molecule has 1 aromatic carbocycles. The molecule has 29 heavy (non-hydrogen) atoms. The van der Waals surface area contributed by atoms with Crippen molar-refractivity contribution in [1.82, 2.24) is 0 Å². The van der Waals surface area contributed by atoms with E-state index in [-0.39, 0.29) is 25.0 Å². The minimum atomic E-state index is -1.24. The lowest BCUT2D eigenvalue weighted by atomic mass is 9.84. The molecule has 2 N–H and O–H groups in total. The molecule has 0 bridgehead atoms. The van der Waals surface area contributed by atoms with Gasteiger partial charge in [0.1, 0.15) is 18.5 Å². The summed E-state index contributed by atoms with van der Waals surface area (Å²) in [7, 11) is 0. The van der Waals surface area contributed by atoms with E-state index in [0.717, 1.165) is 25.0 Å². The number of hydrogen-bond acceptors (Lipinski definition) is 4. The number of benzene rings is 1. The molecule has 1 heterocycles. The van der Waals surface area contributed by atoms with Crippen LogP contribution in [0.15, 0.2) is 42.5 Å². The van der Waals surface area contributed by atoms with Crippen molar-refractivity contribution in [3.63, 3.8) is 0 Å². The van der Waals surface area contributed by atoms with Crippen LogP contribution >= 0.6 is 0 Å². The second kappa shape index (κ2) is 10.7. The van der Waals surface area contributed by atoms with E-state index in [2.05, 4.69) is 0 Å². The molecule has 0 radical (unpaired) electrons. The molecule has 1 unspecified atom stereocenters.